The van der Waals surface area contributed by atoms with Gasteiger partial charge in [-0.25, -0.2) is 22.8 Å². The van der Waals surface area contributed by atoms with E-state index in [1.54, 1.807) is 0 Å². The maximum atomic E-state index is 13.3. The van der Waals surface area contributed by atoms with E-state index in [1.165, 1.54) is 16.4 Å². The molecule has 7 nitrogen and oxygen atoms in total. The Morgan fingerprint density at radius 2 is 1.86 bits per heavy atom. The van der Waals surface area contributed by atoms with Gasteiger partial charge in [-0.15, -0.1) is 0 Å². The van der Waals surface area contributed by atoms with Crippen LogP contribution in [0.2, 0.25) is 0 Å². The summed E-state index contributed by atoms with van der Waals surface area (Å²) in [5, 5.41) is 3.27. The number of aryl methyl sites for hydroxylation is 1. The lowest BCUT2D eigenvalue weighted by Gasteiger charge is -2.23. The first kappa shape index (κ1) is 27.3. The van der Waals surface area contributed by atoms with Crippen LogP contribution in [0.1, 0.15) is 44.7 Å². The smallest absolute Gasteiger partial charge is 0.243 e. The number of unbranched alkanes of at least 4 members (excludes halogenated alkanes) is 1. The third kappa shape index (κ3) is 6.80. The van der Waals surface area contributed by atoms with Crippen molar-refractivity contribution in [2.75, 3.05) is 18.4 Å². The van der Waals surface area contributed by atoms with Crippen molar-refractivity contribution in [3.63, 3.8) is 0 Å². The summed E-state index contributed by atoms with van der Waals surface area (Å²) in [6, 6.07) is 13.7. The van der Waals surface area contributed by atoms with Gasteiger partial charge in [0.25, 0.3) is 0 Å². The van der Waals surface area contributed by atoms with E-state index >= 15 is 0 Å². The number of rotatable bonds is 11. The van der Waals surface area contributed by atoms with E-state index in [4.69, 9.17) is 0 Å². The van der Waals surface area contributed by atoms with E-state index in [9.17, 15) is 17.6 Å². The zero-order valence-corrected chi connectivity index (χ0v) is 23.1. The van der Waals surface area contributed by atoms with Gasteiger partial charge in [0.15, 0.2) is 5.78 Å². The Morgan fingerprint density at radius 3 is 2.57 bits per heavy atom. The fourth-order valence-electron chi connectivity index (χ4n) is 4.36. The van der Waals surface area contributed by atoms with Crippen molar-refractivity contribution < 1.29 is 17.6 Å². The molecule has 3 aromatic rings. The Morgan fingerprint density at radius 1 is 1.14 bits per heavy atom. The second-order valence-corrected chi connectivity index (χ2v) is 11.9. The lowest BCUT2D eigenvalue weighted by Crippen LogP contribution is -2.40. The van der Waals surface area contributed by atoms with Gasteiger partial charge in [0.2, 0.25) is 16.0 Å². The third-order valence-corrected chi connectivity index (χ3v) is 8.81. The second kappa shape index (κ2) is 12.2. The molecule has 1 aliphatic heterocycles. The quantitative estimate of drug-likeness (QED) is 0.293. The normalized spacial score (nSPS) is 16.1. The largest absolute Gasteiger partial charge is 0.354 e. The predicted molar refractivity (Wildman–Crippen MR) is 145 cm³/mol. The zero-order valence-electron chi connectivity index (χ0n) is 20.7. The second-order valence-electron chi connectivity index (χ2n) is 9.05. The first-order chi connectivity index (χ1) is 17.8. The van der Waals surface area contributed by atoms with E-state index in [1.807, 2.05) is 30.3 Å². The van der Waals surface area contributed by atoms with Gasteiger partial charge in [0, 0.05) is 35.2 Å². The first-order valence-electron chi connectivity index (χ1n) is 12.5. The molecule has 2 heterocycles. The average molecular weight is 590 g/mol. The summed E-state index contributed by atoms with van der Waals surface area (Å²) in [6.07, 6.45) is 3.62. The van der Waals surface area contributed by atoms with Crippen molar-refractivity contribution in [2.45, 2.75) is 56.4 Å². The number of nitrogens with zero attached hydrogens (tertiary/aromatic N) is 3. The molecule has 37 heavy (non-hydrogen) atoms. The summed E-state index contributed by atoms with van der Waals surface area (Å²) in [5.41, 5.74) is 2.40. The Kier molecular flexibility index (Phi) is 9.04. The topological polar surface area (TPSA) is 92.3 Å². The summed E-state index contributed by atoms with van der Waals surface area (Å²) in [5.74, 6) is -0.144. The number of nitrogens with one attached hydrogen (secondary N) is 1. The molecule has 196 valence electrons. The lowest BCUT2D eigenvalue weighted by molar-refractivity contribution is -0.122. The molecular formula is C27H30BrFN4O3S. The van der Waals surface area contributed by atoms with Gasteiger partial charge in [-0.2, -0.15) is 4.31 Å². The number of Topliss-reactive ketones (excluding diaryl/α,β-unsaturated/α-hetero) is 1. The standard InChI is InChI=1S/C27H30BrFN4O3S/c1-2-3-16-30-27-31-22(18-24(32-27)19-6-8-20(28)9-7-19)12-15-26(34)25-5-4-17-33(25)37(35,36)23-13-10-21(29)11-14-23/h6-11,13-14,18,25H,2-5,12,15-17H2,1H3,(H,30,31,32)/t25-/m0/s1. The molecule has 0 amide bonds. The number of halogens is 2. The molecule has 1 aliphatic rings. The number of ketones is 1. The Hall–Kier alpha value is -2.69. The monoisotopic (exact) mass is 588 g/mol. The van der Waals surface area contributed by atoms with Crippen molar-refractivity contribution in [1.82, 2.24) is 14.3 Å². The number of aromatic nitrogens is 2. The van der Waals surface area contributed by atoms with Gasteiger partial charge in [-0.05, 0) is 68.1 Å². The van der Waals surface area contributed by atoms with Crippen LogP contribution in [0.25, 0.3) is 11.3 Å². The van der Waals surface area contributed by atoms with Crippen LogP contribution < -0.4 is 5.32 Å². The van der Waals surface area contributed by atoms with Crippen LogP contribution >= 0.6 is 15.9 Å². The van der Waals surface area contributed by atoms with E-state index in [0.717, 1.165) is 47.2 Å². The summed E-state index contributed by atoms with van der Waals surface area (Å²) in [4.78, 5) is 22.5. The molecule has 1 aromatic heterocycles. The highest BCUT2D eigenvalue weighted by Crippen LogP contribution is 2.28. The number of hydrogen-bond acceptors (Lipinski definition) is 6. The molecule has 1 N–H and O–H groups in total. The fourth-order valence-corrected chi connectivity index (χ4v) is 6.30. The van der Waals surface area contributed by atoms with Crippen LogP contribution in [0, 0.1) is 5.82 Å². The Balaban J connectivity index is 1.51. The Labute approximate surface area is 225 Å². The molecule has 0 bridgehead atoms. The van der Waals surface area contributed by atoms with Gasteiger partial charge < -0.3 is 5.32 Å². The van der Waals surface area contributed by atoms with E-state index in [-0.39, 0.29) is 23.6 Å². The van der Waals surface area contributed by atoms with Crippen LogP contribution in [0.15, 0.2) is 64.0 Å². The minimum atomic E-state index is -3.89. The summed E-state index contributed by atoms with van der Waals surface area (Å²) >= 11 is 3.45. The van der Waals surface area contributed by atoms with Gasteiger partial charge >= 0.3 is 0 Å². The molecule has 1 saturated heterocycles. The highest BCUT2D eigenvalue weighted by molar-refractivity contribution is 9.10. The molecule has 4 rings (SSSR count). The number of carbonyl (C=O) groups is 1. The number of sulfonamides is 1. The maximum Gasteiger partial charge on any atom is 0.243 e. The van der Waals surface area contributed by atoms with Crippen LogP contribution in [0.3, 0.4) is 0 Å². The van der Waals surface area contributed by atoms with Gasteiger partial charge in [-0.3, -0.25) is 4.79 Å². The van der Waals surface area contributed by atoms with E-state index in [0.29, 0.717) is 30.9 Å². The minimum Gasteiger partial charge on any atom is -0.354 e. The van der Waals surface area contributed by atoms with Crippen molar-refractivity contribution >= 4 is 37.7 Å². The highest BCUT2D eigenvalue weighted by Gasteiger charge is 2.38. The predicted octanol–water partition coefficient (Wildman–Crippen LogP) is 5.61. The van der Waals surface area contributed by atoms with Crippen molar-refractivity contribution in [3.8, 4) is 11.3 Å². The minimum absolute atomic E-state index is 0.00802. The average Bonchev–Trinajstić information content (AvgIpc) is 3.39. The third-order valence-electron chi connectivity index (χ3n) is 6.36. The molecule has 10 heteroatoms. The van der Waals surface area contributed by atoms with Crippen LogP contribution in [0.4, 0.5) is 10.3 Å². The molecule has 0 spiro atoms. The molecule has 0 unspecified atom stereocenters. The number of benzene rings is 2. The number of anilines is 1. The van der Waals surface area contributed by atoms with Gasteiger partial charge in [-0.1, -0.05) is 41.4 Å². The molecule has 1 fully saturated rings. The SMILES string of the molecule is CCCCNc1nc(CCC(=O)[C@@H]2CCCN2S(=O)(=O)c2ccc(F)cc2)cc(-c2ccc(Br)cc2)n1. The molecule has 0 radical (unpaired) electrons. The van der Waals surface area contributed by atoms with Crippen molar-refractivity contribution in [1.29, 1.82) is 0 Å². The first-order valence-corrected chi connectivity index (χ1v) is 14.7. The number of carbonyl (C=O) groups excluding carboxylic acids is 1. The summed E-state index contributed by atoms with van der Waals surface area (Å²) < 4.78 is 41.8. The molecular weight excluding hydrogens is 559 g/mol. The molecule has 2 aromatic carbocycles. The fraction of sp³-hybridized carbons (Fsp3) is 0.370. The lowest BCUT2D eigenvalue weighted by atomic mass is 10.0. The Bertz CT molecular complexity index is 1330. The molecule has 0 saturated carbocycles. The van der Waals surface area contributed by atoms with E-state index in [2.05, 4.69) is 38.1 Å². The highest BCUT2D eigenvalue weighted by atomic mass is 79.9. The van der Waals surface area contributed by atoms with Crippen LogP contribution in [-0.4, -0.2) is 47.6 Å². The van der Waals surface area contributed by atoms with E-state index < -0.39 is 21.9 Å². The molecule has 1 atom stereocenters. The van der Waals surface area contributed by atoms with Crippen molar-refractivity contribution in [2.24, 2.45) is 0 Å². The number of hydrogen-bond donors (Lipinski definition) is 1. The summed E-state index contributed by atoms with van der Waals surface area (Å²) in [6.45, 7) is 3.13. The zero-order chi connectivity index (χ0) is 26.4. The van der Waals surface area contributed by atoms with Crippen LogP contribution in [-0.2, 0) is 21.2 Å². The maximum absolute atomic E-state index is 13.3. The van der Waals surface area contributed by atoms with Crippen molar-refractivity contribution in [3.05, 3.63) is 70.6 Å². The van der Waals surface area contributed by atoms with Gasteiger partial charge in [0.1, 0.15) is 5.82 Å². The molecule has 0 aliphatic carbocycles. The summed E-state index contributed by atoms with van der Waals surface area (Å²) in [7, 11) is -3.89. The van der Waals surface area contributed by atoms with Gasteiger partial charge in [0.05, 0.1) is 16.6 Å². The van der Waals surface area contributed by atoms with Crippen LogP contribution in [0.5, 0.6) is 0 Å².